The van der Waals surface area contributed by atoms with Gasteiger partial charge in [-0.1, -0.05) is 6.07 Å². The topological polar surface area (TPSA) is 35.2 Å². The lowest BCUT2D eigenvalue weighted by Crippen LogP contribution is -2.01. The summed E-state index contributed by atoms with van der Waals surface area (Å²) in [5.74, 6) is -2.19. The van der Waals surface area contributed by atoms with Gasteiger partial charge in [-0.15, -0.1) is 0 Å². The molecule has 0 spiro atoms. The summed E-state index contributed by atoms with van der Waals surface area (Å²) in [5, 5.41) is 0. The Morgan fingerprint density at radius 3 is 2.39 bits per heavy atom. The van der Waals surface area contributed by atoms with Gasteiger partial charge in [0, 0.05) is 17.3 Å². The number of halogens is 3. The lowest BCUT2D eigenvalue weighted by atomic mass is 10.2. The van der Waals surface area contributed by atoms with Crippen molar-refractivity contribution in [1.82, 2.24) is 0 Å². The number of nitrogens with two attached hydrogens (primary N) is 1. The molecule has 2 rings (SSSR count). The molecule has 18 heavy (non-hydrogen) atoms. The van der Waals surface area contributed by atoms with Gasteiger partial charge in [-0.05, 0) is 24.3 Å². The molecule has 0 radical (unpaired) electrons. The van der Waals surface area contributed by atoms with Crippen LogP contribution in [0.15, 0.2) is 36.4 Å². The quantitative estimate of drug-likeness (QED) is 0.852. The van der Waals surface area contributed by atoms with Crippen LogP contribution in [-0.2, 0) is 6.61 Å². The van der Waals surface area contributed by atoms with E-state index in [1.807, 2.05) is 0 Å². The van der Waals surface area contributed by atoms with E-state index in [-0.39, 0.29) is 17.9 Å². The molecule has 94 valence electrons. The van der Waals surface area contributed by atoms with E-state index in [0.29, 0.717) is 11.8 Å². The number of anilines is 1. The van der Waals surface area contributed by atoms with Gasteiger partial charge in [0.15, 0.2) is 11.6 Å². The second-order valence-corrected chi connectivity index (χ2v) is 3.71. The third-order valence-electron chi connectivity index (χ3n) is 2.35. The highest BCUT2D eigenvalue weighted by atomic mass is 19.1. The number of hydrogen-bond donors (Lipinski definition) is 1. The van der Waals surface area contributed by atoms with E-state index in [0.717, 1.165) is 18.2 Å². The van der Waals surface area contributed by atoms with E-state index in [9.17, 15) is 13.2 Å². The molecular weight excluding hydrogens is 243 g/mol. The Balaban J connectivity index is 2.11. The first-order chi connectivity index (χ1) is 8.56. The van der Waals surface area contributed by atoms with Crippen LogP contribution < -0.4 is 10.5 Å². The third-order valence-corrected chi connectivity index (χ3v) is 2.35. The maximum absolute atomic E-state index is 13.4. The van der Waals surface area contributed by atoms with E-state index in [1.54, 1.807) is 0 Å². The summed E-state index contributed by atoms with van der Waals surface area (Å²) in [6.45, 7) is -0.158. The zero-order chi connectivity index (χ0) is 13.1. The zero-order valence-electron chi connectivity index (χ0n) is 9.29. The van der Waals surface area contributed by atoms with E-state index >= 15 is 0 Å². The largest absolute Gasteiger partial charge is 0.486 e. The van der Waals surface area contributed by atoms with Crippen molar-refractivity contribution >= 4 is 5.69 Å². The molecular formula is C13H10F3NO. The van der Waals surface area contributed by atoms with Gasteiger partial charge >= 0.3 is 0 Å². The number of nitrogen functional groups attached to an aromatic ring is 1. The van der Waals surface area contributed by atoms with Crippen LogP contribution in [0.2, 0.25) is 0 Å². The second kappa shape index (κ2) is 5.00. The molecule has 0 aliphatic carbocycles. The first kappa shape index (κ1) is 12.3. The second-order valence-electron chi connectivity index (χ2n) is 3.71. The van der Waals surface area contributed by atoms with E-state index in [4.69, 9.17) is 10.5 Å². The van der Waals surface area contributed by atoms with Crippen molar-refractivity contribution in [2.45, 2.75) is 6.61 Å². The van der Waals surface area contributed by atoms with Crippen LogP contribution in [-0.4, -0.2) is 0 Å². The third kappa shape index (κ3) is 2.74. The summed E-state index contributed by atoms with van der Waals surface area (Å²) < 4.78 is 44.4. The van der Waals surface area contributed by atoms with Gasteiger partial charge in [-0.2, -0.15) is 0 Å². The Bertz CT molecular complexity index is 521. The maximum atomic E-state index is 13.4. The number of benzene rings is 2. The van der Waals surface area contributed by atoms with Gasteiger partial charge in [0.25, 0.3) is 0 Å². The molecule has 0 atom stereocenters. The van der Waals surface area contributed by atoms with E-state index in [1.165, 1.54) is 12.1 Å². The Morgan fingerprint density at radius 2 is 1.72 bits per heavy atom. The molecule has 0 aliphatic rings. The minimum absolute atomic E-state index is 0.132. The van der Waals surface area contributed by atoms with Crippen LogP contribution in [0, 0.1) is 17.5 Å². The summed E-state index contributed by atoms with van der Waals surface area (Å²) in [7, 11) is 0. The standard InChI is InChI=1S/C13H10F3NO/c14-9-2-4-13(12(16)5-9)18-7-8-1-3-10(17)6-11(8)15/h1-6H,7,17H2. The molecule has 2 N–H and O–H groups in total. The highest BCUT2D eigenvalue weighted by Crippen LogP contribution is 2.20. The Hall–Kier alpha value is -2.17. The summed E-state index contributed by atoms with van der Waals surface area (Å²) in [4.78, 5) is 0. The van der Waals surface area contributed by atoms with Crippen molar-refractivity contribution in [1.29, 1.82) is 0 Å². The van der Waals surface area contributed by atoms with E-state index < -0.39 is 17.5 Å². The highest BCUT2D eigenvalue weighted by molar-refractivity contribution is 5.40. The molecule has 2 aromatic carbocycles. The van der Waals surface area contributed by atoms with E-state index in [2.05, 4.69) is 0 Å². The lowest BCUT2D eigenvalue weighted by Gasteiger charge is -2.08. The minimum Gasteiger partial charge on any atom is -0.486 e. The van der Waals surface area contributed by atoms with Gasteiger partial charge in [0.1, 0.15) is 18.2 Å². The van der Waals surface area contributed by atoms with Gasteiger partial charge < -0.3 is 10.5 Å². The average molecular weight is 253 g/mol. The SMILES string of the molecule is Nc1ccc(COc2ccc(F)cc2F)c(F)c1. The Kier molecular flexibility index (Phi) is 3.41. The smallest absolute Gasteiger partial charge is 0.167 e. The van der Waals surface area contributed by atoms with Crippen molar-refractivity contribution in [2.75, 3.05) is 5.73 Å². The zero-order valence-corrected chi connectivity index (χ0v) is 9.29. The monoisotopic (exact) mass is 253 g/mol. The number of hydrogen-bond acceptors (Lipinski definition) is 2. The summed E-state index contributed by atoms with van der Waals surface area (Å²) >= 11 is 0. The predicted octanol–water partition coefficient (Wildman–Crippen LogP) is 3.27. The molecule has 0 amide bonds. The molecule has 0 saturated carbocycles. The van der Waals surface area contributed by atoms with Crippen LogP contribution >= 0.6 is 0 Å². The molecule has 0 aliphatic heterocycles. The fraction of sp³-hybridized carbons (Fsp3) is 0.0769. The fourth-order valence-electron chi connectivity index (χ4n) is 1.43. The van der Waals surface area contributed by atoms with Crippen LogP contribution in [0.4, 0.5) is 18.9 Å². The normalized spacial score (nSPS) is 10.4. The molecule has 0 saturated heterocycles. The highest BCUT2D eigenvalue weighted by Gasteiger charge is 2.07. The molecule has 0 aromatic heterocycles. The molecule has 2 nitrogen and oxygen atoms in total. The van der Waals surface area contributed by atoms with Crippen molar-refractivity contribution < 1.29 is 17.9 Å². The van der Waals surface area contributed by atoms with Crippen molar-refractivity contribution in [3.63, 3.8) is 0 Å². The lowest BCUT2D eigenvalue weighted by molar-refractivity contribution is 0.284. The molecule has 0 heterocycles. The van der Waals surface area contributed by atoms with Crippen molar-refractivity contribution in [3.05, 3.63) is 59.4 Å². The molecule has 5 heteroatoms. The molecule has 2 aromatic rings. The summed E-state index contributed by atoms with van der Waals surface area (Å²) in [5.41, 5.74) is 5.93. The average Bonchev–Trinajstić information content (AvgIpc) is 2.30. The number of rotatable bonds is 3. The first-order valence-corrected chi connectivity index (χ1v) is 5.18. The first-order valence-electron chi connectivity index (χ1n) is 5.18. The number of ether oxygens (including phenoxy) is 1. The molecule has 0 fully saturated rings. The summed E-state index contributed by atoms with van der Waals surface area (Å²) in [6, 6.07) is 7.04. The van der Waals surface area contributed by atoms with Crippen molar-refractivity contribution in [3.8, 4) is 5.75 Å². The van der Waals surface area contributed by atoms with Gasteiger partial charge in [0.05, 0.1) is 0 Å². The summed E-state index contributed by atoms with van der Waals surface area (Å²) in [6.07, 6.45) is 0. The Labute approximate surface area is 102 Å². The minimum atomic E-state index is -0.828. The Morgan fingerprint density at radius 1 is 0.944 bits per heavy atom. The van der Waals surface area contributed by atoms with Crippen LogP contribution in [0.3, 0.4) is 0 Å². The maximum Gasteiger partial charge on any atom is 0.167 e. The van der Waals surface area contributed by atoms with Crippen LogP contribution in [0.25, 0.3) is 0 Å². The van der Waals surface area contributed by atoms with Crippen LogP contribution in [0.1, 0.15) is 5.56 Å². The van der Waals surface area contributed by atoms with Crippen molar-refractivity contribution in [2.24, 2.45) is 0 Å². The van der Waals surface area contributed by atoms with Gasteiger partial charge in [0.2, 0.25) is 0 Å². The predicted molar refractivity (Wildman–Crippen MR) is 61.5 cm³/mol. The van der Waals surface area contributed by atoms with Crippen LogP contribution in [0.5, 0.6) is 5.75 Å². The van der Waals surface area contributed by atoms with Gasteiger partial charge in [-0.3, -0.25) is 0 Å². The molecule has 0 bridgehead atoms. The molecule has 0 unspecified atom stereocenters. The van der Waals surface area contributed by atoms with Gasteiger partial charge in [-0.25, -0.2) is 13.2 Å². The fourth-order valence-corrected chi connectivity index (χ4v) is 1.43.